The van der Waals surface area contributed by atoms with Crippen LogP contribution in [0.4, 0.5) is 4.79 Å². The first kappa shape index (κ1) is 13.9. The summed E-state index contributed by atoms with van der Waals surface area (Å²) in [6, 6.07) is 15.9. The highest BCUT2D eigenvalue weighted by atomic mass is 16.4. The Labute approximate surface area is 134 Å². The Morgan fingerprint density at radius 1 is 1.22 bits per heavy atom. The second kappa shape index (κ2) is 5.16. The van der Waals surface area contributed by atoms with E-state index < -0.39 is 6.09 Å². The number of amides is 1. The van der Waals surface area contributed by atoms with Gasteiger partial charge >= 0.3 is 6.09 Å². The summed E-state index contributed by atoms with van der Waals surface area (Å²) in [5.41, 5.74) is 5.55. The van der Waals surface area contributed by atoms with Gasteiger partial charge in [0.05, 0.1) is 0 Å². The molecular formula is C19H18N2O2. The number of hydrogen-bond acceptors (Lipinski definition) is 1. The van der Waals surface area contributed by atoms with Crippen LogP contribution < -0.4 is 0 Å². The average Bonchev–Trinajstić information content (AvgIpc) is 2.92. The number of benzene rings is 2. The molecule has 0 aliphatic carbocycles. The monoisotopic (exact) mass is 306 g/mol. The number of carboxylic acid groups (broad SMARTS) is 1. The van der Waals surface area contributed by atoms with Gasteiger partial charge in [0, 0.05) is 23.1 Å². The molecule has 0 radical (unpaired) electrons. The van der Waals surface area contributed by atoms with Gasteiger partial charge in [0.1, 0.15) is 6.04 Å². The number of nitrogens with one attached hydrogen (secondary N) is 1. The van der Waals surface area contributed by atoms with Crippen molar-refractivity contribution in [3.63, 3.8) is 0 Å². The number of fused-ring (bicyclic) bond motifs is 3. The summed E-state index contributed by atoms with van der Waals surface area (Å²) in [6.07, 6.45) is -0.131. The smallest absolute Gasteiger partial charge is 0.408 e. The van der Waals surface area contributed by atoms with Crippen molar-refractivity contribution in [3.05, 3.63) is 70.9 Å². The lowest BCUT2D eigenvalue weighted by Crippen LogP contribution is -2.39. The third-order valence-electron chi connectivity index (χ3n) is 4.64. The average molecular weight is 306 g/mol. The number of aryl methyl sites for hydroxylation is 1. The summed E-state index contributed by atoms with van der Waals surface area (Å²) < 4.78 is 0. The van der Waals surface area contributed by atoms with Crippen molar-refractivity contribution in [1.82, 2.24) is 9.88 Å². The van der Waals surface area contributed by atoms with E-state index in [1.165, 1.54) is 21.4 Å². The molecule has 2 N–H and O–H groups in total. The summed E-state index contributed by atoms with van der Waals surface area (Å²) in [7, 11) is 0. The van der Waals surface area contributed by atoms with Gasteiger partial charge in [0.25, 0.3) is 0 Å². The Morgan fingerprint density at radius 3 is 2.74 bits per heavy atom. The molecule has 4 rings (SSSR count). The molecule has 0 saturated heterocycles. The summed E-state index contributed by atoms with van der Waals surface area (Å²) in [5.74, 6) is 0. The van der Waals surface area contributed by atoms with Gasteiger partial charge < -0.3 is 10.1 Å². The molecular weight excluding hydrogens is 288 g/mol. The Hall–Kier alpha value is -2.75. The molecule has 3 aromatic rings. The zero-order valence-electron chi connectivity index (χ0n) is 12.9. The molecule has 1 aliphatic heterocycles. The first-order chi connectivity index (χ1) is 11.1. The first-order valence-corrected chi connectivity index (χ1v) is 7.81. The van der Waals surface area contributed by atoms with Crippen LogP contribution in [0.3, 0.4) is 0 Å². The van der Waals surface area contributed by atoms with E-state index in [9.17, 15) is 9.90 Å². The maximum Gasteiger partial charge on any atom is 0.408 e. The van der Waals surface area contributed by atoms with E-state index in [-0.39, 0.29) is 6.04 Å². The first-order valence-electron chi connectivity index (χ1n) is 7.81. The second-order valence-corrected chi connectivity index (χ2v) is 6.11. The van der Waals surface area contributed by atoms with E-state index >= 15 is 0 Å². The standard InChI is InChI=1S/C19H18N2O2/c1-12-7-8-16-15(11-12)14-9-10-21(19(22)23)18(17(14)20-16)13-5-3-2-4-6-13/h2-8,11,18,20H,9-10H2,1H3,(H,22,23). The van der Waals surface area contributed by atoms with Gasteiger partial charge in [0.15, 0.2) is 0 Å². The van der Waals surface area contributed by atoms with Gasteiger partial charge in [-0.3, -0.25) is 4.90 Å². The van der Waals surface area contributed by atoms with Crippen molar-refractivity contribution < 1.29 is 9.90 Å². The minimum atomic E-state index is -0.876. The summed E-state index contributed by atoms with van der Waals surface area (Å²) in [6.45, 7) is 2.60. The molecule has 4 heteroatoms. The van der Waals surface area contributed by atoms with Crippen LogP contribution in [-0.2, 0) is 6.42 Å². The SMILES string of the molecule is Cc1ccc2[nH]c3c(c2c1)CCN(C(=O)O)C3c1ccccc1. The van der Waals surface area contributed by atoms with Crippen LogP contribution in [0.25, 0.3) is 10.9 Å². The molecule has 1 aromatic heterocycles. The number of rotatable bonds is 1. The van der Waals surface area contributed by atoms with Crippen LogP contribution in [0.5, 0.6) is 0 Å². The lowest BCUT2D eigenvalue weighted by atomic mass is 9.92. The normalized spacial score (nSPS) is 17.3. The maximum atomic E-state index is 11.7. The number of aromatic nitrogens is 1. The van der Waals surface area contributed by atoms with Crippen LogP contribution in [-0.4, -0.2) is 27.6 Å². The molecule has 2 aromatic carbocycles. The zero-order chi connectivity index (χ0) is 16.0. The molecule has 0 fully saturated rings. The minimum Gasteiger partial charge on any atom is -0.465 e. The summed E-state index contributed by atoms with van der Waals surface area (Å²) >= 11 is 0. The maximum absolute atomic E-state index is 11.7. The van der Waals surface area contributed by atoms with Crippen LogP contribution in [0.2, 0.25) is 0 Å². The lowest BCUT2D eigenvalue weighted by molar-refractivity contribution is 0.128. The highest BCUT2D eigenvalue weighted by Gasteiger charge is 2.34. The fraction of sp³-hybridized carbons (Fsp3) is 0.211. The Kier molecular flexibility index (Phi) is 3.11. The van der Waals surface area contributed by atoms with Crippen molar-refractivity contribution in [2.45, 2.75) is 19.4 Å². The highest BCUT2D eigenvalue weighted by Crippen LogP contribution is 2.38. The lowest BCUT2D eigenvalue weighted by Gasteiger charge is -2.34. The van der Waals surface area contributed by atoms with Gasteiger partial charge in [0.2, 0.25) is 0 Å². The van der Waals surface area contributed by atoms with Gasteiger partial charge in [-0.15, -0.1) is 0 Å². The van der Waals surface area contributed by atoms with Crippen molar-refractivity contribution in [1.29, 1.82) is 0 Å². The topological polar surface area (TPSA) is 56.3 Å². The number of aromatic amines is 1. The van der Waals surface area contributed by atoms with Gasteiger partial charge in [-0.2, -0.15) is 0 Å². The number of hydrogen-bond donors (Lipinski definition) is 2. The molecule has 1 atom stereocenters. The summed E-state index contributed by atoms with van der Waals surface area (Å²) in [5, 5.41) is 10.8. The second-order valence-electron chi connectivity index (χ2n) is 6.11. The van der Waals surface area contributed by atoms with Crippen molar-refractivity contribution in [2.24, 2.45) is 0 Å². The molecule has 0 bridgehead atoms. The molecule has 1 amide bonds. The molecule has 116 valence electrons. The molecule has 1 unspecified atom stereocenters. The van der Waals surface area contributed by atoms with E-state index in [2.05, 4.69) is 30.1 Å². The Bertz CT molecular complexity index is 883. The summed E-state index contributed by atoms with van der Waals surface area (Å²) in [4.78, 5) is 16.7. The van der Waals surface area contributed by atoms with Gasteiger partial charge in [-0.1, -0.05) is 42.0 Å². The largest absolute Gasteiger partial charge is 0.465 e. The predicted molar refractivity (Wildman–Crippen MR) is 89.8 cm³/mol. The van der Waals surface area contributed by atoms with Crippen molar-refractivity contribution >= 4 is 17.0 Å². The molecule has 0 saturated carbocycles. The van der Waals surface area contributed by atoms with Crippen LogP contribution in [0.15, 0.2) is 48.5 Å². The van der Waals surface area contributed by atoms with Crippen LogP contribution >= 0.6 is 0 Å². The third-order valence-corrected chi connectivity index (χ3v) is 4.64. The third kappa shape index (κ3) is 2.18. The predicted octanol–water partition coefficient (Wildman–Crippen LogP) is 4.10. The molecule has 23 heavy (non-hydrogen) atoms. The van der Waals surface area contributed by atoms with E-state index in [1.807, 2.05) is 30.3 Å². The molecule has 1 aliphatic rings. The van der Waals surface area contributed by atoms with E-state index in [1.54, 1.807) is 0 Å². The van der Waals surface area contributed by atoms with Crippen LogP contribution in [0, 0.1) is 6.92 Å². The van der Waals surface area contributed by atoms with Crippen molar-refractivity contribution in [2.75, 3.05) is 6.54 Å². The van der Waals surface area contributed by atoms with Gasteiger partial charge in [-0.05, 0) is 36.6 Å². The van der Waals surface area contributed by atoms with Gasteiger partial charge in [-0.25, -0.2) is 4.79 Å². The van der Waals surface area contributed by atoms with E-state index in [0.717, 1.165) is 23.2 Å². The Balaban J connectivity index is 1.95. The quantitative estimate of drug-likeness (QED) is 0.711. The highest BCUT2D eigenvalue weighted by molar-refractivity contribution is 5.86. The fourth-order valence-corrected chi connectivity index (χ4v) is 3.59. The number of nitrogens with zero attached hydrogens (tertiary/aromatic N) is 1. The fourth-order valence-electron chi connectivity index (χ4n) is 3.59. The van der Waals surface area contributed by atoms with E-state index in [4.69, 9.17) is 0 Å². The molecule has 0 spiro atoms. The number of H-pyrrole nitrogens is 1. The van der Waals surface area contributed by atoms with Crippen molar-refractivity contribution in [3.8, 4) is 0 Å². The Morgan fingerprint density at radius 2 is 2.00 bits per heavy atom. The van der Waals surface area contributed by atoms with Crippen LogP contribution in [0.1, 0.15) is 28.4 Å². The zero-order valence-corrected chi connectivity index (χ0v) is 12.9. The van der Waals surface area contributed by atoms with E-state index in [0.29, 0.717) is 6.54 Å². The molecule has 2 heterocycles. The molecule has 4 nitrogen and oxygen atoms in total. The number of carbonyl (C=O) groups is 1. The minimum absolute atomic E-state index is 0.273.